The first kappa shape index (κ1) is 16.4. The van der Waals surface area contributed by atoms with Crippen molar-refractivity contribution in [1.82, 2.24) is 9.97 Å². The van der Waals surface area contributed by atoms with Crippen molar-refractivity contribution >= 4 is 22.4 Å². The van der Waals surface area contributed by atoms with E-state index in [1.807, 2.05) is 0 Å². The number of aromatic amines is 1. The Morgan fingerprint density at radius 2 is 2.12 bits per heavy atom. The van der Waals surface area contributed by atoms with Gasteiger partial charge in [0.1, 0.15) is 35.3 Å². The normalized spacial score (nSPS) is 14.9. The van der Waals surface area contributed by atoms with Gasteiger partial charge in [0.15, 0.2) is 0 Å². The molecule has 3 heterocycles. The summed E-state index contributed by atoms with van der Waals surface area (Å²) >= 11 is 0. The highest BCUT2D eigenvalue weighted by Gasteiger charge is 2.16. The van der Waals surface area contributed by atoms with Crippen molar-refractivity contribution in [2.75, 3.05) is 18.5 Å². The van der Waals surface area contributed by atoms with Gasteiger partial charge < -0.3 is 19.8 Å². The monoisotopic (exact) mass is 352 g/mol. The quantitative estimate of drug-likeness (QED) is 0.745. The number of ether oxygens (including phenoxy) is 2. The number of nitrogens with zero attached hydrogens (tertiary/aromatic N) is 2. The van der Waals surface area contributed by atoms with Crippen LogP contribution >= 0.6 is 0 Å². The van der Waals surface area contributed by atoms with Gasteiger partial charge in [-0.05, 0) is 18.2 Å². The van der Waals surface area contributed by atoms with Crippen LogP contribution in [0.25, 0.3) is 10.9 Å². The van der Waals surface area contributed by atoms with Crippen LogP contribution in [-0.4, -0.2) is 29.3 Å². The second-order valence-electron chi connectivity index (χ2n) is 6.14. The Morgan fingerprint density at radius 1 is 1.27 bits per heavy atom. The average molecular weight is 352 g/mol. The van der Waals surface area contributed by atoms with Crippen LogP contribution in [0.3, 0.4) is 0 Å². The van der Waals surface area contributed by atoms with E-state index in [2.05, 4.69) is 21.4 Å². The molecule has 0 atom stereocenters. The second kappa shape index (κ2) is 7.02. The van der Waals surface area contributed by atoms with E-state index in [-0.39, 0.29) is 17.6 Å². The fourth-order valence-corrected chi connectivity index (χ4v) is 3.00. The number of halogens is 1. The third-order valence-corrected chi connectivity index (χ3v) is 4.29. The molecule has 26 heavy (non-hydrogen) atoms. The molecule has 4 rings (SSSR count). The highest BCUT2D eigenvalue weighted by molar-refractivity contribution is 5.84. The van der Waals surface area contributed by atoms with Crippen LogP contribution in [0.15, 0.2) is 36.5 Å². The van der Waals surface area contributed by atoms with Gasteiger partial charge in [-0.25, -0.2) is 9.37 Å². The van der Waals surface area contributed by atoms with Crippen molar-refractivity contribution in [2.45, 2.75) is 18.9 Å². The number of aromatic nitrogens is 2. The molecule has 0 saturated carbocycles. The minimum Gasteiger partial charge on any atom is -0.490 e. The first-order chi connectivity index (χ1) is 12.7. The molecule has 3 aromatic rings. The number of anilines is 2. The van der Waals surface area contributed by atoms with Gasteiger partial charge in [-0.3, -0.25) is 0 Å². The van der Waals surface area contributed by atoms with Crippen LogP contribution < -0.4 is 10.1 Å². The summed E-state index contributed by atoms with van der Waals surface area (Å²) < 4.78 is 24.9. The average Bonchev–Trinajstić information content (AvgIpc) is 3.03. The highest BCUT2D eigenvalue weighted by atomic mass is 19.1. The zero-order valence-electron chi connectivity index (χ0n) is 14.0. The summed E-state index contributed by atoms with van der Waals surface area (Å²) in [5.41, 5.74) is 1.69. The zero-order chi connectivity index (χ0) is 17.9. The van der Waals surface area contributed by atoms with Gasteiger partial charge >= 0.3 is 0 Å². The Balaban J connectivity index is 1.58. The molecule has 0 bridgehead atoms. The standard InChI is InChI=1S/C19H17FN4O2/c20-17-11-22-18-8-12(1-2-16(17)18)23-19-9-15(7-13(10-21)24-19)26-14-3-5-25-6-4-14/h1-2,7-9,11,14,22H,3-6H2,(H,23,24). The molecule has 1 aliphatic rings. The lowest BCUT2D eigenvalue weighted by atomic mass is 10.1. The lowest BCUT2D eigenvalue weighted by molar-refractivity contribution is 0.0255. The van der Waals surface area contributed by atoms with Crippen LogP contribution in [-0.2, 0) is 4.74 Å². The van der Waals surface area contributed by atoms with Crippen molar-refractivity contribution in [1.29, 1.82) is 5.26 Å². The number of pyridine rings is 1. The van der Waals surface area contributed by atoms with E-state index < -0.39 is 0 Å². The SMILES string of the molecule is N#Cc1cc(OC2CCOCC2)cc(Nc2ccc3c(F)c[nH]c3c2)n1. The first-order valence-corrected chi connectivity index (χ1v) is 8.41. The number of benzene rings is 1. The molecule has 132 valence electrons. The van der Waals surface area contributed by atoms with Gasteiger partial charge in [-0.2, -0.15) is 5.26 Å². The second-order valence-corrected chi connectivity index (χ2v) is 6.14. The summed E-state index contributed by atoms with van der Waals surface area (Å²) in [5, 5.41) is 12.9. The van der Waals surface area contributed by atoms with Crippen LogP contribution in [0.5, 0.6) is 5.75 Å². The van der Waals surface area contributed by atoms with E-state index in [0.29, 0.717) is 35.7 Å². The minimum atomic E-state index is -0.289. The molecule has 1 fully saturated rings. The van der Waals surface area contributed by atoms with E-state index in [4.69, 9.17) is 9.47 Å². The lowest BCUT2D eigenvalue weighted by Crippen LogP contribution is -2.25. The molecule has 0 aliphatic carbocycles. The molecule has 2 aromatic heterocycles. The van der Waals surface area contributed by atoms with Crippen molar-refractivity contribution in [3.8, 4) is 11.8 Å². The predicted octanol–water partition coefficient (Wildman–Crippen LogP) is 3.88. The minimum absolute atomic E-state index is 0.0730. The third-order valence-electron chi connectivity index (χ3n) is 4.29. The predicted molar refractivity (Wildman–Crippen MR) is 95.0 cm³/mol. The summed E-state index contributed by atoms with van der Waals surface area (Å²) in [6, 6.07) is 10.7. The van der Waals surface area contributed by atoms with Gasteiger partial charge in [0.2, 0.25) is 0 Å². The van der Waals surface area contributed by atoms with E-state index >= 15 is 0 Å². The Bertz CT molecular complexity index is 973. The molecule has 1 saturated heterocycles. The molecule has 0 amide bonds. The van der Waals surface area contributed by atoms with E-state index in [0.717, 1.165) is 18.5 Å². The summed E-state index contributed by atoms with van der Waals surface area (Å²) in [7, 11) is 0. The van der Waals surface area contributed by atoms with Crippen molar-refractivity contribution < 1.29 is 13.9 Å². The molecule has 6 nitrogen and oxygen atoms in total. The van der Waals surface area contributed by atoms with Gasteiger partial charge in [-0.1, -0.05) is 0 Å². The number of rotatable bonds is 4. The molecule has 0 radical (unpaired) electrons. The van der Waals surface area contributed by atoms with Gasteiger partial charge in [0.05, 0.1) is 18.7 Å². The highest BCUT2D eigenvalue weighted by Crippen LogP contribution is 2.26. The molecular formula is C19H17FN4O2. The van der Waals surface area contributed by atoms with E-state index in [1.165, 1.54) is 6.20 Å². The Morgan fingerprint density at radius 3 is 2.92 bits per heavy atom. The fraction of sp³-hybridized carbons (Fsp3) is 0.263. The van der Waals surface area contributed by atoms with Crippen LogP contribution in [0.1, 0.15) is 18.5 Å². The molecule has 7 heteroatoms. The first-order valence-electron chi connectivity index (χ1n) is 8.41. The summed E-state index contributed by atoms with van der Waals surface area (Å²) in [6.45, 7) is 1.36. The maximum absolute atomic E-state index is 13.6. The van der Waals surface area contributed by atoms with E-state index in [9.17, 15) is 9.65 Å². The smallest absolute Gasteiger partial charge is 0.148 e. The maximum atomic E-state index is 13.6. The molecule has 0 unspecified atom stereocenters. The van der Waals surface area contributed by atoms with Gasteiger partial charge in [0.25, 0.3) is 0 Å². The molecule has 0 spiro atoms. The zero-order valence-corrected chi connectivity index (χ0v) is 14.0. The lowest BCUT2D eigenvalue weighted by Gasteiger charge is -2.23. The van der Waals surface area contributed by atoms with Crippen molar-refractivity contribution in [2.24, 2.45) is 0 Å². The van der Waals surface area contributed by atoms with Crippen LogP contribution in [0.4, 0.5) is 15.9 Å². The Labute approximate surface area is 149 Å². The Kier molecular flexibility index (Phi) is 4.42. The summed E-state index contributed by atoms with van der Waals surface area (Å²) in [6.07, 6.45) is 3.04. The van der Waals surface area contributed by atoms with Crippen LogP contribution in [0.2, 0.25) is 0 Å². The van der Waals surface area contributed by atoms with Crippen LogP contribution in [0, 0.1) is 17.1 Å². The molecular weight excluding hydrogens is 335 g/mol. The number of nitriles is 1. The third kappa shape index (κ3) is 3.46. The molecule has 1 aromatic carbocycles. The van der Waals surface area contributed by atoms with E-state index in [1.54, 1.807) is 30.3 Å². The topological polar surface area (TPSA) is 83.0 Å². The Hall–Kier alpha value is -3.11. The number of hydrogen-bond acceptors (Lipinski definition) is 5. The van der Waals surface area contributed by atoms with Crippen molar-refractivity contribution in [3.63, 3.8) is 0 Å². The number of hydrogen-bond donors (Lipinski definition) is 2. The van der Waals surface area contributed by atoms with Gasteiger partial charge in [-0.15, -0.1) is 0 Å². The summed E-state index contributed by atoms with van der Waals surface area (Å²) in [5.74, 6) is 0.804. The fourth-order valence-electron chi connectivity index (χ4n) is 3.00. The molecule has 1 aliphatic heterocycles. The largest absolute Gasteiger partial charge is 0.490 e. The number of H-pyrrole nitrogens is 1. The molecule has 2 N–H and O–H groups in total. The maximum Gasteiger partial charge on any atom is 0.148 e. The van der Waals surface area contributed by atoms with Gasteiger partial charge in [0, 0.05) is 42.2 Å². The number of nitrogens with one attached hydrogen (secondary N) is 2. The number of fused-ring (bicyclic) bond motifs is 1. The summed E-state index contributed by atoms with van der Waals surface area (Å²) in [4.78, 5) is 7.14. The van der Waals surface area contributed by atoms with Crippen molar-refractivity contribution in [3.05, 3.63) is 48.0 Å².